The molecule has 0 aliphatic carbocycles. The fourth-order valence-electron chi connectivity index (χ4n) is 2.94. The molecule has 0 aliphatic heterocycles. The summed E-state index contributed by atoms with van der Waals surface area (Å²) >= 11 is 0. The summed E-state index contributed by atoms with van der Waals surface area (Å²) in [6.07, 6.45) is 0. The minimum absolute atomic E-state index is 0.808. The van der Waals surface area contributed by atoms with E-state index in [1.54, 1.807) is 0 Å². The van der Waals surface area contributed by atoms with Gasteiger partial charge in [0.15, 0.2) is 5.41 Å². The van der Waals surface area contributed by atoms with E-state index in [0.29, 0.717) is 0 Å². The lowest BCUT2D eigenvalue weighted by molar-refractivity contribution is 0.807. The summed E-state index contributed by atoms with van der Waals surface area (Å²) in [5, 5.41) is 14.3. The van der Waals surface area contributed by atoms with Gasteiger partial charge in [0.2, 0.25) is 0 Å². The Bertz CT molecular complexity index is 788. The van der Waals surface area contributed by atoms with Crippen LogP contribution in [0, 0.1) is 18.2 Å². The van der Waals surface area contributed by atoms with Crippen LogP contribution in [0.3, 0.4) is 0 Å². The van der Waals surface area contributed by atoms with Crippen molar-refractivity contribution in [1.82, 2.24) is 0 Å². The Morgan fingerprint density at radius 1 is 0.696 bits per heavy atom. The highest BCUT2D eigenvalue weighted by Gasteiger charge is 2.40. The van der Waals surface area contributed by atoms with E-state index in [-0.39, 0.29) is 0 Å². The molecule has 3 rings (SSSR count). The Hall–Kier alpha value is -3.05. The summed E-state index contributed by atoms with van der Waals surface area (Å²) in [6, 6.07) is 30.8. The van der Waals surface area contributed by atoms with Gasteiger partial charge in [0.25, 0.3) is 0 Å². The summed E-state index contributed by atoms with van der Waals surface area (Å²) in [5.41, 5.74) is 3.27. The summed E-state index contributed by atoms with van der Waals surface area (Å²) in [6.45, 7) is 2.04. The van der Waals surface area contributed by atoms with Crippen LogP contribution in [0.4, 0.5) is 0 Å². The molecule has 0 atom stereocenters. The van der Waals surface area contributed by atoms with Gasteiger partial charge in [0.05, 0.1) is 0 Å². The number of hydrogen-bond acceptors (Lipinski definition) is 1. The van der Waals surface area contributed by atoms with Crippen molar-refractivity contribution in [3.05, 3.63) is 117 Å². The molecular weight excluding hydrogens is 282 g/mol. The summed E-state index contributed by atoms with van der Waals surface area (Å²) in [4.78, 5) is 0. The number of benzene rings is 3. The second-order valence-electron chi connectivity index (χ2n) is 5.55. The first kappa shape index (κ1) is 14.9. The van der Waals surface area contributed by atoms with Gasteiger partial charge in [0, 0.05) is 5.01 Å². The lowest BCUT2D eigenvalue weighted by atomic mass is 9.70. The van der Waals surface area contributed by atoms with Crippen LogP contribution in [0.15, 0.2) is 84.9 Å². The largest absolute Gasteiger partial charge is 0.498 e. The van der Waals surface area contributed by atoms with Crippen molar-refractivity contribution in [3.63, 3.8) is 0 Å². The molecule has 2 nitrogen and oxygen atoms in total. The highest BCUT2D eigenvalue weighted by atomic mass is 16.4. The number of rotatable bonds is 3. The van der Waals surface area contributed by atoms with Gasteiger partial charge in [-0.05, 0) is 23.6 Å². The van der Waals surface area contributed by atoms with Crippen molar-refractivity contribution >= 4 is 0 Å². The van der Waals surface area contributed by atoms with Crippen LogP contribution in [0.1, 0.15) is 22.3 Å². The van der Waals surface area contributed by atoms with Crippen LogP contribution in [0.2, 0.25) is 0 Å². The topological polar surface area (TPSA) is 27.4 Å². The molecule has 0 radical (unpaired) electrons. The molecule has 0 heterocycles. The Balaban J connectivity index is 2.35. The van der Waals surface area contributed by atoms with Gasteiger partial charge in [-0.15, -0.1) is 0 Å². The zero-order valence-corrected chi connectivity index (χ0v) is 12.9. The van der Waals surface area contributed by atoms with Crippen molar-refractivity contribution < 1.29 is 0 Å². The predicted octanol–water partition coefficient (Wildman–Crippen LogP) is 5.16. The van der Waals surface area contributed by atoms with Crippen molar-refractivity contribution in [2.45, 2.75) is 12.3 Å². The molecule has 0 fully saturated rings. The molecule has 0 amide bonds. The van der Waals surface area contributed by atoms with Crippen molar-refractivity contribution in [1.29, 1.82) is 0 Å². The van der Waals surface area contributed by atoms with Gasteiger partial charge >= 0.3 is 6.07 Å². The van der Waals surface area contributed by atoms with Crippen LogP contribution in [0.25, 0.3) is 5.01 Å². The normalized spacial score (nSPS) is 10.7. The average Bonchev–Trinajstić information content (AvgIpc) is 2.62. The van der Waals surface area contributed by atoms with Crippen molar-refractivity contribution in [2.24, 2.45) is 0 Å². The fourth-order valence-corrected chi connectivity index (χ4v) is 2.94. The first-order chi connectivity index (χ1) is 11.3. The maximum atomic E-state index is 11.2. The first-order valence-electron chi connectivity index (χ1n) is 7.55. The molecule has 0 saturated heterocycles. The third-order valence-electron chi connectivity index (χ3n) is 4.11. The molecule has 112 valence electrons. The molecule has 0 bridgehead atoms. The first-order valence-corrected chi connectivity index (χ1v) is 7.55. The van der Waals surface area contributed by atoms with Crippen LogP contribution < -0.4 is 0 Å². The Morgan fingerprint density at radius 3 is 1.57 bits per heavy atom. The maximum absolute atomic E-state index is 11.2. The summed E-state index contributed by atoms with van der Waals surface area (Å²) in [7, 11) is 0. The van der Waals surface area contributed by atoms with Crippen LogP contribution in [-0.2, 0) is 5.41 Å². The summed E-state index contributed by atoms with van der Waals surface area (Å²) < 4.78 is 0. The third kappa shape index (κ3) is 2.69. The van der Waals surface area contributed by atoms with E-state index >= 15 is 0 Å². The predicted molar refractivity (Wildman–Crippen MR) is 94.6 cm³/mol. The molecule has 0 N–H and O–H groups in total. The van der Waals surface area contributed by atoms with Gasteiger partial charge < -0.3 is 5.21 Å². The SMILES string of the molecule is Cc1ccc(C(C#[N+][O-])(c2ccccc2)c2ccccc2)cc1. The van der Waals surface area contributed by atoms with E-state index in [0.717, 1.165) is 16.7 Å². The van der Waals surface area contributed by atoms with Crippen molar-refractivity contribution in [2.75, 3.05) is 0 Å². The van der Waals surface area contributed by atoms with Crippen LogP contribution >= 0.6 is 0 Å². The molecule has 0 aliphatic rings. The van der Waals surface area contributed by atoms with E-state index in [1.165, 1.54) is 5.56 Å². The average molecular weight is 299 g/mol. The molecule has 2 heteroatoms. The van der Waals surface area contributed by atoms with E-state index in [4.69, 9.17) is 0 Å². The minimum Gasteiger partial charge on any atom is -0.498 e. The highest BCUT2D eigenvalue weighted by Crippen LogP contribution is 2.38. The number of hydrogen-bond donors (Lipinski definition) is 0. The Labute approximate surface area is 136 Å². The minimum atomic E-state index is -0.808. The zero-order valence-electron chi connectivity index (χ0n) is 12.9. The van der Waals surface area contributed by atoms with Gasteiger partial charge in [-0.1, -0.05) is 90.5 Å². The smallest absolute Gasteiger partial charge is 0.319 e. The van der Waals surface area contributed by atoms with E-state index in [9.17, 15) is 5.21 Å². The monoisotopic (exact) mass is 299 g/mol. The van der Waals surface area contributed by atoms with Gasteiger partial charge in [0.1, 0.15) is 0 Å². The zero-order chi connectivity index (χ0) is 16.1. The van der Waals surface area contributed by atoms with Gasteiger partial charge in [-0.2, -0.15) is 0 Å². The highest BCUT2D eigenvalue weighted by molar-refractivity contribution is 5.57. The molecule has 3 aromatic rings. The molecule has 0 unspecified atom stereocenters. The molecule has 23 heavy (non-hydrogen) atoms. The molecule has 0 aromatic heterocycles. The van der Waals surface area contributed by atoms with E-state index < -0.39 is 5.41 Å². The second kappa shape index (κ2) is 6.37. The fraction of sp³-hybridized carbons (Fsp3) is 0.0952. The lowest BCUT2D eigenvalue weighted by Crippen LogP contribution is -2.27. The van der Waals surface area contributed by atoms with E-state index in [2.05, 4.69) is 11.1 Å². The number of nitrogens with zero attached hydrogens (tertiary/aromatic N) is 1. The van der Waals surface area contributed by atoms with E-state index in [1.807, 2.05) is 91.9 Å². The second-order valence-corrected chi connectivity index (χ2v) is 5.55. The molecule has 0 saturated carbocycles. The molecular formula is C21H17NO. The number of aryl methyl sites for hydroxylation is 1. The van der Waals surface area contributed by atoms with Crippen LogP contribution in [0.5, 0.6) is 0 Å². The Morgan fingerprint density at radius 2 is 1.13 bits per heavy atom. The standard InChI is InChI=1S/C21H17NO/c1-17-12-14-20(15-13-17)21(16-22-23,18-8-4-2-5-9-18)19-10-6-3-7-11-19/h2-15H,1H3. The molecule has 3 aromatic carbocycles. The van der Waals surface area contributed by atoms with Crippen LogP contribution in [-0.4, -0.2) is 0 Å². The third-order valence-corrected chi connectivity index (χ3v) is 4.11. The summed E-state index contributed by atoms with van der Waals surface area (Å²) in [5.74, 6) is 0. The molecule has 0 spiro atoms. The lowest BCUT2D eigenvalue weighted by Gasteiger charge is -2.26. The van der Waals surface area contributed by atoms with Gasteiger partial charge in [-0.25, -0.2) is 0 Å². The quantitative estimate of drug-likeness (QED) is 0.485. The Kier molecular flexibility index (Phi) is 4.12. The van der Waals surface area contributed by atoms with Crippen molar-refractivity contribution in [3.8, 4) is 6.07 Å². The maximum Gasteiger partial charge on any atom is 0.319 e. The van der Waals surface area contributed by atoms with Gasteiger partial charge in [-0.3, -0.25) is 0 Å².